The maximum atomic E-state index is 12.7. The lowest BCUT2D eigenvalue weighted by Crippen LogP contribution is -2.41. The van der Waals surface area contributed by atoms with E-state index in [1.165, 1.54) is 28.7 Å². The van der Waals surface area contributed by atoms with E-state index in [2.05, 4.69) is 28.5 Å². The van der Waals surface area contributed by atoms with Crippen molar-refractivity contribution in [1.29, 1.82) is 0 Å². The van der Waals surface area contributed by atoms with Gasteiger partial charge in [-0.15, -0.1) is 10.2 Å². The van der Waals surface area contributed by atoms with Crippen molar-refractivity contribution < 1.29 is 13.2 Å². The molecule has 152 valence electrons. The number of thioether (sulfide) groups is 1. The van der Waals surface area contributed by atoms with Crippen molar-refractivity contribution in [3.8, 4) is 0 Å². The number of aryl methyl sites for hydroxylation is 1. The van der Waals surface area contributed by atoms with Crippen molar-refractivity contribution in [2.75, 3.05) is 23.9 Å². The Kier molecular flexibility index (Phi) is 6.31. The van der Waals surface area contributed by atoms with Crippen molar-refractivity contribution in [3.63, 3.8) is 0 Å². The number of hydrogen-bond donors (Lipinski definition) is 1. The smallest absolute Gasteiger partial charge is 0.235 e. The van der Waals surface area contributed by atoms with Gasteiger partial charge in [0.05, 0.1) is 16.8 Å². The Labute approximate surface area is 173 Å². The number of nitrogens with one attached hydrogen (secondary N) is 1. The van der Waals surface area contributed by atoms with Gasteiger partial charge in [0, 0.05) is 18.8 Å². The first-order valence-electron chi connectivity index (χ1n) is 8.97. The van der Waals surface area contributed by atoms with Crippen LogP contribution in [0.15, 0.2) is 22.5 Å². The Balaban J connectivity index is 1.61. The van der Waals surface area contributed by atoms with Gasteiger partial charge in [0.15, 0.2) is 14.2 Å². The second-order valence-corrected chi connectivity index (χ2v) is 11.8. The molecule has 0 aliphatic carbocycles. The molecule has 1 aromatic carbocycles. The molecule has 2 aromatic rings. The predicted molar refractivity (Wildman–Crippen MR) is 114 cm³/mol. The predicted octanol–water partition coefficient (Wildman–Crippen LogP) is 3.02. The van der Waals surface area contributed by atoms with E-state index in [1.54, 1.807) is 11.9 Å². The fraction of sp³-hybridized carbons (Fsp3) is 0.500. The van der Waals surface area contributed by atoms with Crippen LogP contribution in [0.2, 0.25) is 0 Å². The topological polar surface area (TPSA) is 92.3 Å². The molecule has 0 saturated carbocycles. The van der Waals surface area contributed by atoms with Crippen LogP contribution < -0.4 is 5.32 Å². The summed E-state index contributed by atoms with van der Waals surface area (Å²) in [7, 11) is -1.34. The van der Waals surface area contributed by atoms with Gasteiger partial charge in [0.25, 0.3) is 0 Å². The molecule has 1 aromatic heterocycles. The quantitative estimate of drug-likeness (QED) is 0.690. The molecule has 1 N–H and O–H groups in total. The minimum Gasteiger partial charge on any atom is -0.341 e. The average molecular weight is 441 g/mol. The second-order valence-electron chi connectivity index (χ2n) is 7.01. The molecule has 2 atom stereocenters. The molecule has 0 bridgehead atoms. The molecule has 1 aliphatic rings. The molecule has 0 radical (unpaired) electrons. The molecular weight excluding hydrogens is 416 g/mol. The maximum absolute atomic E-state index is 12.7. The van der Waals surface area contributed by atoms with E-state index < -0.39 is 9.84 Å². The number of nitrogens with zero attached hydrogens (tertiary/aromatic N) is 3. The highest BCUT2D eigenvalue weighted by molar-refractivity contribution is 8.02. The van der Waals surface area contributed by atoms with E-state index in [0.717, 1.165) is 11.3 Å². The summed E-state index contributed by atoms with van der Waals surface area (Å²) in [4.78, 5) is 14.2. The van der Waals surface area contributed by atoms with Crippen LogP contribution in [-0.4, -0.2) is 59.3 Å². The van der Waals surface area contributed by atoms with E-state index in [4.69, 9.17) is 0 Å². The highest BCUT2D eigenvalue weighted by Gasteiger charge is 2.34. The molecule has 1 saturated heterocycles. The van der Waals surface area contributed by atoms with Crippen molar-refractivity contribution in [3.05, 3.63) is 29.3 Å². The minimum absolute atomic E-state index is 0.0509. The lowest BCUT2D eigenvalue weighted by molar-refractivity contribution is -0.130. The summed E-state index contributed by atoms with van der Waals surface area (Å²) in [6, 6.07) is 5.80. The number of anilines is 2. The molecule has 1 amide bonds. The van der Waals surface area contributed by atoms with Gasteiger partial charge < -0.3 is 10.2 Å². The van der Waals surface area contributed by atoms with E-state index >= 15 is 0 Å². The molecule has 7 nitrogen and oxygen atoms in total. The van der Waals surface area contributed by atoms with Crippen LogP contribution in [0, 0.1) is 13.8 Å². The number of carbonyl (C=O) groups is 1. The zero-order valence-electron chi connectivity index (χ0n) is 16.3. The van der Waals surface area contributed by atoms with Gasteiger partial charge in [-0.05, 0) is 44.4 Å². The normalized spacial score (nSPS) is 19.4. The zero-order chi connectivity index (χ0) is 20.5. The van der Waals surface area contributed by atoms with Gasteiger partial charge in [-0.2, -0.15) is 0 Å². The van der Waals surface area contributed by atoms with Gasteiger partial charge in [-0.25, -0.2) is 8.42 Å². The van der Waals surface area contributed by atoms with E-state index in [1.807, 2.05) is 26.0 Å². The Hall–Kier alpha value is -1.65. The molecule has 2 heterocycles. The summed E-state index contributed by atoms with van der Waals surface area (Å²) < 4.78 is 24.0. The Morgan fingerprint density at radius 2 is 2.11 bits per heavy atom. The summed E-state index contributed by atoms with van der Waals surface area (Å²) in [5, 5.41) is 11.9. The van der Waals surface area contributed by atoms with Crippen LogP contribution >= 0.6 is 23.1 Å². The van der Waals surface area contributed by atoms with Crippen LogP contribution in [0.4, 0.5) is 10.8 Å². The maximum Gasteiger partial charge on any atom is 0.235 e. The van der Waals surface area contributed by atoms with Crippen LogP contribution in [-0.2, 0) is 14.6 Å². The lowest BCUT2D eigenvalue weighted by Gasteiger charge is -2.25. The lowest BCUT2D eigenvalue weighted by atomic mass is 10.1. The monoisotopic (exact) mass is 440 g/mol. The first kappa shape index (κ1) is 21.1. The zero-order valence-corrected chi connectivity index (χ0v) is 18.7. The number of benzene rings is 1. The van der Waals surface area contributed by atoms with Gasteiger partial charge in [0.1, 0.15) is 0 Å². The Bertz CT molecular complexity index is 974. The van der Waals surface area contributed by atoms with Crippen LogP contribution in [0.3, 0.4) is 0 Å². The highest BCUT2D eigenvalue weighted by Crippen LogP contribution is 2.32. The molecule has 1 fully saturated rings. The summed E-state index contributed by atoms with van der Waals surface area (Å²) in [5.74, 6) is 0.113. The molecule has 10 heteroatoms. The Morgan fingerprint density at radius 3 is 2.79 bits per heavy atom. The summed E-state index contributed by atoms with van der Waals surface area (Å²) in [6.07, 6.45) is 0.505. The van der Waals surface area contributed by atoms with Gasteiger partial charge in [0.2, 0.25) is 11.0 Å². The number of carbonyl (C=O) groups excluding carboxylic acids is 1. The van der Waals surface area contributed by atoms with Crippen molar-refractivity contribution >= 4 is 49.7 Å². The number of aromatic nitrogens is 2. The van der Waals surface area contributed by atoms with Crippen molar-refractivity contribution in [1.82, 2.24) is 15.1 Å². The molecule has 0 unspecified atom stereocenters. The summed E-state index contributed by atoms with van der Waals surface area (Å²) in [6.45, 7) is 5.92. The van der Waals surface area contributed by atoms with E-state index in [9.17, 15) is 13.2 Å². The van der Waals surface area contributed by atoms with E-state index in [0.29, 0.717) is 15.9 Å². The average Bonchev–Trinajstić information content (AvgIpc) is 3.23. The molecule has 0 spiro atoms. The molecule has 3 rings (SSSR count). The summed E-state index contributed by atoms with van der Waals surface area (Å²) in [5.41, 5.74) is 3.34. The largest absolute Gasteiger partial charge is 0.341 e. The van der Waals surface area contributed by atoms with Crippen LogP contribution in [0.5, 0.6) is 0 Å². The number of hydrogen-bond acceptors (Lipinski definition) is 8. The van der Waals surface area contributed by atoms with Crippen molar-refractivity contribution in [2.24, 2.45) is 0 Å². The molecular formula is C18H24N4O3S3. The number of sulfone groups is 1. The molecule has 28 heavy (non-hydrogen) atoms. The third-order valence-corrected chi connectivity index (χ3v) is 8.74. The first-order chi connectivity index (χ1) is 13.2. The third-order valence-electron chi connectivity index (χ3n) is 4.98. The standard InChI is InChI=1S/C18H24N4O3S3/c1-11-6-5-7-15(12(11)2)19-17-20-21-18(27-17)26-13(3)16(23)22(4)14-8-9-28(24,25)10-14/h5-7,13-14H,8-10H2,1-4H3,(H,19,20)/t13-,14-/m0/s1. The number of amides is 1. The van der Waals surface area contributed by atoms with Crippen LogP contribution in [0.25, 0.3) is 0 Å². The fourth-order valence-electron chi connectivity index (χ4n) is 3.06. The van der Waals surface area contributed by atoms with Gasteiger partial charge in [-0.3, -0.25) is 4.79 Å². The third kappa shape index (κ3) is 4.84. The van der Waals surface area contributed by atoms with Crippen LogP contribution in [0.1, 0.15) is 24.5 Å². The second kappa shape index (κ2) is 8.38. The van der Waals surface area contributed by atoms with Gasteiger partial charge >= 0.3 is 0 Å². The molecule has 1 aliphatic heterocycles. The Morgan fingerprint density at radius 1 is 1.36 bits per heavy atom. The SMILES string of the molecule is Cc1cccc(Nc2nnc(S[C@@H](C)C(=O)N(C)[C@H]3CCS(=O)(=O)C3)s2)c1C. The fourth-order valence-corrected chi connectivity index (χ4v) is 6.84. The first-order valence-corrected chi connectivity index (χ1v) is 12.5. The number of rotatable bonds is 6. The minimum atomic E-state index is -3.02. The van der Waals surface area contributed by atoms with Crippen molar-refractivity contribution in [2.45, 2.75) is 42.8 Å². The highest BCUT2D eigenvalue weighted by atomic mass is 32.2. The van der Waals surface area contributed by atoms with Gasteiger partial charge in [-0.1, -0.05) is 35.2 Å². The summed E-state index contributed by atoms with van der Waals surface area (Å²) >= 11 is 2.74. The van der Waals surface area contributed by atoms with E-state index in [-0.39, 0.29) is 28.7 Å².